The minimum atomic E-state index is -5.02. The Balaban J connectivity index is 1.85. The van der Waals surface area contributed by atoms with Gasteiger partial charge in [-0.3, -0.25) is 4.68 Å². The molecule has 0 spiro atoms. The van der Waals surface area contributed by atoms with Gasteiger partial charge in [0.15, 0.2) is 5.82 Å². The molecule has 0 bridgehead atoms. The summed E-state index contributed by atoms with van der Waals surface area (Å²) in [5.74, 6) is -1.72. The third-order valence-corrected chi connectivity index (χ3v) is 5.97. The molecule has 4 rings (SSSR count). The highest BCUT2D eigenvalue weighted by atomic mass is 35.5. The Morgan fingerprint density at radius 2 is 1.89 bits per heavy atom. The third-order valence-electron chi connectivity index (χ3n) is 5.68. The van der Waals surface area contributed by atoms with Crippen molar-refractivity contribution < 1.29 is 47.7 Å². The molecule has 1 aliphatic rings. The number of hydrogen-bond donors (Lipinski definition) is 5. The Morgan fingerprint density at radius 1 is 1.19 bits per heavy atom. The van der Waals surface area contributed by atoms with Crippen LogP contribution in [0.1, 0.15) is 29.4 Å². The Morgan fingerprint density at radius 3 is 2.47 bits per heavy atom. The van der Waals surface area contributed by atoms with Crippen LogP contribution in [0.3, 0.4) is 0 Å². The minimum Gasteiger partial charge on any atom is -0.423 e. The van der Waals surface area contributed by atoms with Gasteiger partial charge in [0.25, 0.3) is 0 Å². The van der Waals surface area contributed by atoms with Gasteiger partial charge in [-0.15, -0.1) is 0 Å². The van der Waals surface area contributed by atoms with Gasteiger partial charge in [0.2, 0.25) is 0 Å². The van der Waals surface area contributed by atoms with Gasteiger partial charge >= 0.3 is 13.3 Å². The number of aromatic nitrogens is 5. The summed E-state index contributed by atoms with van der Waals surface area (Å²) in [6, 6.07) is -0.464. The smallest absolute Gasteiger partial charge is 0.423 e. The fourth-order valence-electron chi connectivity index (χ4n) is 4.01. The van der Waals surface area contributed by atoms with Gasteiger partial charge in [0, 0.05) is 17.9 Å². The molecule has 1 aromatic carbocycles. The first-order valence-electron chi connectivity index (χ1n) is 10.4. The Bertz CT molecular complexity index is 1260. The molecule has 36 heavy (non-hydrogen) atoms. The first kappa shape index (κ1) is 26.5. The van der Waals surface area contributed by atoms with Crippen molar-refractivity contribution in [2.45, 2.75) is 43.6 Å². The first-order valence-corrected chi connectivity index (χ1v) is 10.7. The molecule has 5 atom stereocenters. The predicted molar refractivity (Wildman–Crippen MR) is 114 cm³/mol. The fraction of sp³-hybridized carbons (Fsp3) is 0.421. The highest BCUT2D eigenvalue weighted by molar-refractivity contribution is 6.58. The van der Waals surface area contributed by atoms with Gasteiger partial charge in [-0.2, -0.15) is 23.4 Å². The van der Waals surface area contributed by atoms with Crippen molar-refractivity contribution in [1.29, 1.82) is 0 Å². The summed E-state index contributed by atoms with van der Waals surface area (Å²) >= 11 is 5.75. The van der Waals surface area contributed by atoms with E-state index in [1.54, 1.807) is 0 Å². The van der Waals surface area contributed by atoms with Crippen LogP contribution >= 0.6 is 11.6 Å². The molecular formula is C19H19BClF4N5O6. The average Bonchev–Trinajstić information content (AvgIpc) is 3.42. The van der Waals surface area contributed by atoms with Gasteiger partial charge in [-0.05, 0) is 19.1 Å². The standard InChI is InChI=1S/C19H19BClF4N5O6/c1-7-27-18(30(28-7)12-3-10(21)11(22)2-9(12)19(23,24)25)17-16(33)14(15(32)13(6-31)36-17)29-5-8(4-26-29)20(34)35/h2-5,13-17,31-35H,6H2,1H3/t13-,14+,15+,16-,17-/m1/s1. The van der Waals surface area contributed by atoms with Crippen LogP contribution in [0.25, 0.3) is 5.69 Å². The Kier molecular flexibility index (Phi) is 7.13. The van der Waals surface area contributed by atoms with E-state index in [-0.39, 0.29) is 23.2 Å². The molecule has 5 N–H and O–H groups in total. The molecule has 3 aromatic rings. The van der Waals surface area contributed by atoms with Crippen LogP contribution in [-0.2, 0) is 10.9 Å². The van der Waals surface area contributed by atoms with Crippen LogP contribution in [-0.4, -0.2) is 81.9 Å². The van der Waals surface area contributed by atoms with Crippen molar-refractivity contribution >= 4 is 24.2 Å². The second kappa shape index (κ2) is 9.70. The van der Waals surface area contributed by atoms with E-state index < -0.39 is 72.4 Å². The molecule has 1 saturated heterocycles. The number of hydrogen-bond acceptors (Lipinski definition) is 9. The summed E-state index contributed by atoms with van der Waals surface area (Å²) in [6.45, 7) is 0.590. The van der Waals surface area contributed by atoms with Crippen molar-refractivity contribution in [3.63, 3.8) is 0 Å². The normalized spacial score (nSPS) is 24.8. The van der Waals surface area contributed by atoms with Crippen molar-refractivity contribution in [2.24, 2.45) is 0 Å². The average molecular weight is 536 g/mol. The molecule has 0 radical (unpaired) electrons. The van der Waals surface area contributed by atoms with Crippen molar-refractivity contribution in [2.75, 3.05) is 6.61 Å². The molecular weight excluding hydrogens is 516 g/mol. The van der Waals surface area contributed by atoms with Gasteiger partial charge in [0.1, 0.15) is 42.1 Å². The summed E-state index contributed by atoms with van der Waals surface area (Å²) in [7, 11) is -1.91. The van der Waals surface area contributed by atoms with Crippen LogP contribution in [0, 0.1) is 12.7 Å². The molecule has 3 heterocycles. The molecule has 1 aliphatic heterocycles. The zero-order chi connectivity index (χ0) is 26.5. The van der Waals surface area contributed by atoms with Crippen LogP contribution in [0.5, 0.6) is 0 Å². The van der Waals surface area contributed by atoms with E-state index in [0.29, 0.717) is 10.7 Å². The lowest BCUT2D eigenvalue weighted by atomic mass is 9.83. The van der Waals surface area contributed by atoms with Gasteiger partial charge in [0.05, 0.1) is 22.9 Å². The van der Waals surface area contributed by atoms with Crippen LogP contribution in [0.2, 0.25) is 5.02 Å². The highest BCUT2D eigenvalue weighted by Crippen LogP contribution is 2.41. The summed E-state index contributed by atoms with van der Waals surface area (Å²) < 4.78 is 62.5. The Hall–Kier alpha value is -2.60. The predicted octanol–water partition coefficient (Wildman–Crippen LogP) is -0.341. The van der Waals surface area contributed by atoms with Crippen molar-refractivity contribution in [3.05, 3.63) is 52.6 Å². The maximum atomic E-state index is 13.9. The van der Waals surface area contributed by atoms with E-state index in [9.17, 15) is 42.9 Å². The first-order chi connectivity index (χ1) is 16.8. The molecule has 0 saturated carbocycles. The van der Waals surface area contributed by atoms with Crippen LogP contribution < -0.4 is 5.46 Å². The molecule has 1 fully saturated rings. The zero-order valence-corrected chi connectivity index (χ0v) is 19.0. The molecule has 194 valence electrons. The van der Waals surface area contributed by atoms with E-state index >= 15 is 0 Å². The molecule has 17 heteroatoms. The lowest BCUT2D eigenvalue weighted by Gasteiger charge is -2.42. The van der Waals surface area contributed by atoms with Crippen molar-refractivity contribution in [3.8, 4) is 5.69 Å². The molecule has 0 amide bonds. The second-order valence-electron chi connectivity index (χ2n) is 8.09. The maximum absolute atomic E-state index is 13.9. The quantitative estimate of drug-likeness (QED) is 0.218. The van der Waals surface area contributed by atoms with E-state index in [4.69, 9.17) is 16.3 Å². The fourth-order valence-corrected chi connectivity index (χ4v) is 4.17. The van der Waals surface area contributed by atoms with Crippen LogP contribution in [0.4, 0.5) is 17.6 Å². The zero-order valence-electron chi connectivity index (χ0n) is 18.3. The minimum absolute atomic E-state index is 0.0395. The van der Waals surface area contributed by atoms with Crippen LogP contribution in [0.15, 0.2) is 24.5 Å². The summed E-state index contributed by atoms with van der Waals surface area (Å²) in [5, 5.41) is 57.5. The van der Waals surface area contributed by atoms with Gasteiger partial charge < -0.3 is 30.1 Å². The topological polar surface area (TPSA) is 159 Å². The monoisotopic (exact) mass is 535 g/mol. The van der Waals surface area contributed by atoms with E-state index in [0.717, 1.165) is 17.1 Å². The number of rotatable bonds is 5. The maximum Gasteiger partial charge on any atom is 0.491 e. The number of alkyl halides is 3. The van der Waals surface area contributed by atoms with Crippen molar-refractivity contribution in [1.82, 2.24) is 24.5 Å². The number of aryl methyl sites for hydroxylation is 1. The third kappa shape index (κ3) is 4.72. The summed E-state index contributed by atoms with van der Waals surface area (Å²) in [5.41, 5.74) is -2.20. The van der Waals surface area contributed by atoms with E-state index in [1.165, 1.54) is 6.92 Å². The summed E-state index contributed by atoms with van der Waals surface area (Å²) in [6.07, 6.45) is -9.09. The number of aliphatic hydroxyl groups is 3. The molecule has 0 aliphatic carbocycles. The number of benzene rings is 1. The number of aliphatic hydroxyl groups excluding tert-OH is 3. The SMILES string of the molecule is Cc1nc([C@@H]2O[C@H](CO)[C@H](O)[C@H](n3cc(B(O)O)cn3)[C@H]2O)n(-c2cc(Cl)c(F)cc2C(F)(F)F)n1. The second-order valence-corrected chi connectivity index (χ2v) is 8.49. The molecule has 2 aromatic heterocycles. The lowest BCUT2D eigenvalue weighted by Crippen LogP contribution is -2.53. The highest BCUT2D eigenvalue weighted by Gasteiger charge is 2.48. The molecule has 11 nitrogen and oxygen atoms in total. The van der Waals surface area contributed by atoms with E-state index in [1.807, 2.05) is 0 Å². The van der Waals surface area contributed by atoms with Gasteiger partial charge in [-0.25, -0.2) is 14.1 Å². The number of ether oxygens (including phenoxy) is 1. The Labute approximate surface area is 205 Å². The van der Waals surface area contributed by atoms with Gasteiger partial charge in [-0.1, -0.05) is 11.6 Å². The summed E-state index contributed by atoms with van der Waals surface area (Å²) in [4.78, 5) is 4.08. The van der Waals surface area contributed by atoms with E-state index in [2.05, 4.69) is 15.2 Å². The number of nitrogens with zero attached hydrogens (tertiary/aromatic N) is 5. The largest absolute Gasteiger partial charge is 0.491 e. The number of halogens is 5. The lowest BCUT2D eigenvalue weighted by molar-refractivity contribution is -0.210. The molecule has 0 unspecified atom stereocenters.